The number of hydrogen-bond donors (Lipinski definition) is 2. The summed E-state index contributed by atoms with van der Waals surface area (Å²) in [5.74, 6) is 0.301. The minimum Gasteiger partial charge on any atom is -0.349 e. The molecule has 146 valence electrons. The van der Waals surface area contributed by atoms with Crippen molar-refractivity contribution in [2.45, 2.75) is 30.6 Å². The summed E-state index contributed by atoms with van der Waals surface area (Å²) < 4.78 is 1.79. The summed E-state index contributed by atoms with van der Waals surface area (Å²) in [6, 6.07) is 16.1. The topological polar surface area (TPSA) is 66.9 Å². The molecule has 0 unspecified atom stereocenters. The Kier molecular flexibility index (Phi) is 7.47. The second-order valence-corrected chi connectivity index (χ2v) is 9.35. The molecule has 0 fully saturated rings. The normalized spacial score (nSPS) is 11.8. The highest BCUT2D eigenvalue weighted by Gasteiger charge is 2.14. The van der Waals surface area contributed by atoms with Crippen LogP contribution in [0.5, 0.6) is 0 Å². The van der Waals surface area contributed by atoms with Gasteiger partial charge in [0.05, 0.1) is 11.8 Å². The summed E-state index contributed by atoms with van der Waals surface area (Å²) in [4.78, 5) is 12.4. The maximum Gasteiger partial charge on any atom is 0.230 e. The van der Waals surface area contributed by atoms with Gasteiger partial charge in [0.1, 0.15) is 0 Å². The van der Waals surface area contributed by atoms with E-state index >= 15 is 0 Å². The third kappa shape index (κ3) is 6.05. The van der Waals surface area contributed by atoms with Gasteiger partial charge >= 0.3 is 0 Å². The molecule has 3 aromatic rings. The fraction of sp³-hybridized carbons (Fsp3) is 0.250. The van der Waals surface area contributed by atoms with Crippen LogP contribution in [-0.2, 0) is 4.79 Å². The number of nitrogens with zero attached hydrogens (tertiary/aromatic N) is 2. The van der Waals surface area contributed by atoms with Gasteiger partial charge in [-0.1, -0.05) is 70.2 Å². The van der Waals surface area contributed by atoms with E-state index in [0.29, 0.717) is 5.75 Å². The highest BCUT2D eigenvalue weighted by Crippen LogP contribution is 2.28. The molecule has 5 nitrogen and oxygen atoms in total. The van der Waals surface area contributed by atoms with E-state index in [1.54, 1.807) is 0 Å². The van der Waals surface area contributed by atoms with Crippen LogP contribution in [-0.4, -0.2) is 21.9 Å². The lowest BCUT2D eigenvalue weighted by Gasteiger charge is -2.17. The lowest BCUT2D eigenvalue weighted by molar-refractivity contribution is -0.119. The molecule has 0 aliphatic heterocycles. The maximum atomic E-state index is 12.4. The van der Waals surface area contributed by atoms with Gasteiger partial charge in [-0.05, 0) is 48.7 Å². The average Bonchev–Trinajstić information content (AvgIpc) is 3.12. The van der Waals surface area contributed by atoms with Gasteiger partial charge in [-0.3, -0.25) is 4.79 Å². The molecular weight excluding hydrogens is 456 g/mol. The number of halogens is 1. The van der Waals surface area contributed by atoms with Gasteiger partial charge < -0.3 is 10.6 Å². The van der Waals surface area contributed by atoms with Crippen molar-refractivity contribution in [2.24, 2.45) is 0 Å². The van der Waals surface area contributed by atoms with E-state index in [-0.39, 0.29) is 11.9 Å². The lowest BCUT2D eigenvalue weighted by Crippen LogP contribution is -2.29. The fourth-order valence-corrected chi connectivity index (χ4v) is 4.49. The molecule has 28 heavy (non-hydrogen) atoms. The molecular formula is C20H21BrN4OS2. The average molecular weight is 477 g/mol. The van der Waals surface area contributed by atoms with Crippen LogP contribution < -0.4 is 10.6 Å². The molecule has 3 rings (SSSR count). The largest absolute Gasteiger partial charge is 0.349 e. The Hall–Kier alpha value is -1.90. The lowest BCUT2D eigenvalue weighted by atomic mass is 10.0. The summed E-state index contributed by atoms with van der Waals surface area (Å²) in [5.41, 5.74) is 3.26. The number of hydrogen-bond acceptors (Lipinski definition) is 6. The Labute approximate surface area is 181 Å². The highest BCUT2D eigenvalue weighted by molar-refractivity contribution is 9.10. The van der Waals surface area contributed by atoms with Crippen LogP contribution >= 0.6 is 39.0 Å². The first-order valence-electron chi connectivity index (χ1n) is 8.88. The molecule has 0 radical (unpaired) electrons. The SMILES string of the molecule is CC[C@@H](NC(=O)CSc1nnc(Nc2cccc(C)c2)s1)c1ccc(Br)cc1. The quantitative estimate of drug-likeness (QED) is 0.407. The number of amides is 1. The van der Waals surface area contributed by atoms with Crippen molar-refractivity contribution in [2.75, 3.05) is 11.1 Å². The smallest absolute Gasteiger partial charge is 0.230 e. The first-order chi connectivity index (χ1) is 13.5. The zero-order valence-corrected chi connectivity index (χ0v) is 18.8. The highest BCUT2D eigenvalue weighted by atomic mass is 79.9. The Morgan fingerprint density at radius 1 is 1.21 bits per heavy atom. The van der Waals surface area contributed by atoms with Crippen LogP contribution in [0, 0.1) is 6.92 Å². The first-order valence-corrected chi connectivity index (χ1v) is 11.5. The predicted octanol–water partition coefficient (Wildman–Crippen LogP) is 5.71. The van der Waals surface area contributed by atoms with Crippen LogP contribution in [0.2, 0.25) is 0 Å². The van der Waals surface area contributed by atoms with E-state index < -0.39 is 0 Å². The number of rotatable bonds is 8. The van der Waals surface area contributed by atoms with E-state index in [2.05, 4.69) is 49.8 Å². The van der Waals surface area contributed by atoms with Crippen LogP contribution in [0.1, 0.15) is 30.5 Å². The van der Waals surface area contributed by atoms with E-state index in [1.807, 2.05) is 49.4 Å². The summed E-state index contributed by atoms with van der Waals surface area (Å²) in [7, 11) is 0. The standard InChI is InChI=1S/C20H21BrN4OS2/c1-3-17(14-7-9-15(21)10-8-14)23-18(26)12-27-20-25-24-19(28-20)22-16-6-4-5-13(2)11-16/h4-11,17H,3,12H2,1-2H3,(H,22,24)(H,23,26)/t17-/m1/s1. The van der Waals surface area contributed by atoms with Crippen LogP contribution in [0.25, 0.3) is 0 Å². The molecule has 0 saturated heterocycles. The zero-order valence-electron chi connectivity index (χ0n) is 15.6. The minimum atomic E-state index is -0.0110. The van der Waals surface area contributed by atoms with Gasteiger partial charge in [0.25, 0.3) is 0 Å². The third-order valence-corrected chi connectivity index (χ3v) is 6.52. The Bertz CT molecular complexity index is 930. The second-order valence-electron chi connectivity index (χ2n) is 6.24. The molecule has 1 atom stereocenters. The maximum absolute atomic E-state index is 12.4. The van der Waals surface area contributed by atoms with Crippen molar-refractivity contribution in [1.82, 2.24) is 15.5 Å². The van der Waals surface area contributed by atoms with Crippen LogP contribution in [0.3, 0.4) is 0 Å². The van der Waals surface area contributed by atoms with Gasteiger partial charge in [-0.2, -0.15) is 0 Å². The number of thioether (sulfide) groups is 1. The van der Waals surface area contributed by atoms with E-state index in [9.17, 15) is 4.79 Å². The summed E-state index contributed by atoms with van der Waals surface area (Å²) in [6.07, 6.45) is 0.835. The van der Waals surface area contributed by atoms with Crippen molar-refractivity contribution in [1.29, 1.82) is 0 Å². The second kappa shape index (κ2) is 10.0. The predicted molar refractivity (Wildman–Crippen MR) is 120 cm³/mol. The number of anilines is 2. The molecule has 1 heterocycles. The van der Waals surface area contributed by atoms with Gasteiger partial charge in [-0.15, -0.1) is 10.2 Å². The summed E-state index contributed by atoms with van der Waals surface area (Å²) in [6.45, 7) is 4.11. The number of nitrogens with one attached hydrogen (secondary N) is 2. The molecule has 0 spiro atoms. The van der Waals surface area contributed by atoms with Crippen molar-refractivity contribution in [3.8, 4) is 0 Å². The minimum absolute atomic E-state index is 0.00849. The molecule has 0 aliphatic rings. The van der Waals surface area contributed by atoms with Crippen LogP contribution in [0.15, 0.2) is 57.3 Å². The number of carbonyl (C=O) groups excluding carboxylic acids is 1. The number of aryl methyl sites for hydroxylation is 1. The molecule has 2 aromatic carbocycles. The molecule has 8 heteroatoms. The molecule has 0 bridgehead atoms. The molecule has 1 amide bonds. The zero-order chi connectivity index (χ0) is 19.9. The fourth-order valence-electron chi connectivity index (χ4n) is 2.64. The van der Waals surface area contributed by atoms with Crippen LogP contribution in [0.4, 0.5) is 10.8 Å². The molecule has 0 aliphatic carbocycles. The van der Waals surface area contributed by atoms with Gasteiger partial charge in [0, 0.05) is 10.2 Å². The van der Waals surface area contributed by atoms with Crippen molar-refractivity contribution >= 4 is 55.8 Å². The molecule has 0 saturated carbocycles. The Balaban J connectivity index is 1.51. The van der Waals surface area contributed by atoms with Crippen molar-refractivity contribution in [3.63, 3.8) is 0 Å². The Morgan fingerprint density at radius 3 is 2.71 bits per heavy atom. The third-order valence-electron chi connectivity index (χ3n) is 4.02. The monoisotopic (exact) mass is 476 g/mol. The van der Waals surface area contributed by atoms with Gasteiger partial charge in [0.2, 0.25) is 11.0 Å². The molecule has 2 N–H and O–H groups in total. The van der Waals surface area contributed by atoms with E-state index in [1.165, 1.54) is 28.7 Å². The Morgan fingerprint density at radius 2 is 2.00 bits per heavy atom. The first kappa shape index (κ1) is 20.8. The summed E-state index contributed by atoms with van der Waals surface area (Å²) >= 11 is 6.28. The van der Waals surface area contributed by atoms with Crippen molar-refractivity contribution < 1.29 is 4.79 Å². The van der Waals surface area contributed by atoms with Crippen molar-refractivity contribution in [3.05, 3.63) is 64.1 Å². The van der Waals surface area contributed by atoms with Gasteiger partial charge in [-0.25, -0.2) is 0 Å². The number of carbonyl (C=O) groups is 1. The van der Waals surface area contributed by atoms with E-state index in [0.717, 1.165) is 31.6 Å². The summed E-state index contributed by atoms with van der Waals surface area (Å²) in [5, 5.41) is 15.4. The van der Waals surface area contributed by atoms with E-state index in [4.69, 9.17) is 0 Å². The number of benzene rings is 2. The van der Waals surface area contributed by atoms with Gasteiger partial charge in [0.15, 0.2) is 4.34 Å². The molecule has 1 aromatic heterocycles. The number of aromatic nitrogens is 2.